The first kappa shape index (κ1) is 31.8. The monoisotopic (exact) mass is 677 g/mol. The molecule has 16 heteroatoms. The number of halogens is 4. The van der Waals surface area contributed by atoms with E-state index < -0.39 is 34.1 Å². The first-order chi connectivity index (χ1) is 20.5. The lowest BCUT2D eigenvalue weighted by Crippen LogP contribution is -2.41. The summed E-state index contributed by atoms with van der Waals surface area (Å²) in [5.74, 6) is -0.198. The maximum absolute atomic E-state index is 13.7. The second kappa shape index (κ2) is 13.1. The van der Waals surface area contributed by atoms with Gasteiger partial charge in [0.25, 0.3) is 0 Å². The number of rotatable bonds is 12. The van der Waals surface area contributed by atoms with Crippen LogP contribution in [0, 0.1) is 19.8 Å². The van der Waals surface area contributed by atoms with Gasteiger partial charge in [0.05, 0.1) is 16.7 Å². The maximum Gasteiger partial charge on any atom is 0.387 e. The molecule has 10 nitrogen and oxygen atoms in total. The minimum absolute atomic E-state index is 0.0307. The van der Waals surface area contributed by atoms with Crippen LogP contribution in [0.15, 0.2) is 40.0 Å². The van der Waals surface area contributed by atoms with Crippen molar-refractivity contribution >= 4 is 51.0 Å². The van der Waals surface area contributed by atoms with Crippen molar-refractivity contribution in [2.75, 3.05) is 18.9 Å². The maximum atomic E-state index is 13.7. The second-order valence-corrected chi connectivity index (χ2v) is 13.9. The number of nitrogens with zero attached hydrogens (tertiary/aromatic N) is 3. The van der Waals surface area contributed by atoms with Crippen LogP contribution in [-0.4, -0.2) is 59.7 Å². The highest BCUT2D eigenvalue weighted by atomic mass is 35.5. The highest BCUT2D eigenvalue weighted by molar-refractivity contribution is 8.02. The number of thioether (sulfide) groups is 1. The fraction of sp³-hybridized carbons (Fsp3) is 0.444. The average molecular weight is 679 g/mol. The number of hydrogen-bond donors (Lipinski definition) is 0. The predicted molar refractivity (Wildman–Crippen MR) is 154 cm³/mol. The fourth-order valence-corrected chi connectivity index (χ4v) is 8.48. The van der Waals surface area contributed by atoms with Gasteiger partial charge in [0, 0.05) is 31.1 Å². The molecular weight excluding hydrogens is 651 g/mol. The zero-order chi connectivity index (χ0) is 30.9. The number of carbonyl (C=O) groups excluding carboxylic acids is 1. The van der Waals surface area contributed by atoms with Crippen molar-refractivity contribution in [3.05, 3.63) is 63.2 Å². The number of benzene rings is 1. The van der Waals surface area contributed by atoms with Gasteiger partial charge in [0.15, 0.2) is 22.6 Å². The van der Waals surface area contributed by atoms with E-state index in [4.69, 9.17) is 37.2 Å². The van der Waals surface area contributed by atoms with Gasteiger partial charge in [-0.2, -0.15) is 13.1 Å². The Labute approximate surface area is 261 Å². The van der Waals surface area contributed by atoms with Crippen LogP contribution in [0.25, 0.3) is 0 Å². The SMILES string of the molecule is Cc1noc(C)c1S(=O)(=O)N1CCSC1C(=O)O[C@@H](Cc1c(Cl)cncc1Cl)c1ccc(OC(F)F)c(OCC2CC2)c1. The van der Waals surface area contributed by atoms with Gasteiger partial charge in [-0.3, -0.25) is 4.98 Å². The number of carbonyl (C=O) groups is 1. The molecule has 0 spiro atoms. The Kier molecular flexibility index (Phi) is 9.71. The molecular formula is C27H27Cl2F2N3O7S2. The van der Waals surface area contributed by atoms with E-state index in [-0.39, 0.29) is 50.9 Å². The van der Waals surface area contributed by atoms with E-state index in [1.165, 1.54) is 44.4 Å². The number of pyridine rings is 1. The summed E-state index contributed by atoms with van der Waals surface area (Å²) in [4.78, 5) is 17.5. The van der Waals surface area contributed by atoms with Crippen LogP contribution in [0.5, 0.6) is 11.5 Å². The van der Waals surface area contributed by atoms with Crippen LogP contribution in [0.4, 0.5) is 8.78 Å². The molecule has 1 unspecified atom stereocenters. The fourth-order valence-electron chi connectivity index (χ4n) is 4.61. The Morgan fingerprint density at radius 1 is 1.19 bits per heavy atom. The van der Waals surface area contributed by atoms with Crippen molar-refractivity contribution in [2.45, 2.75) is 56.1 Å². The number of ether oxygens (including phenoxy) is 3. The summed E-state index contributed by atoms with van der Waals surface area (Å²) in [5, 5.41) is 2.96. The molecule has 0 N–H and O–H groups in total. The third kappa shape index (κ3) is 7.19. The molecule has 2 fully saturated rings. The van der Waals surface area contributed by atoms with E-state index in [0.717, 1.165) is 28.9 Å². The molecule has 1 aliphatic carbocycles. The molecule has 5 rings (SSSR count). The van der Waals surface area contributed by atoms with Crippen molar-refractivity contribution < 1.29 is 40.7 Å². The summed E-state index contributed by atoms with van der Waals surface area (Å²) in [5.41, 5.74) is 0.961. The lowest BCUT2D eigenvalue weighted by Gasteiger charge is -2.26. The van der Waals surface area contributed by atoms with Gasteiger partial charge in [-0.15, -0.1) is 11.8 Å². The number of hydrogen-bond acceptors (Lipinski definition) is 10. The first-order valence-electron chi connectivity index (χ1n) is 13.2. The van der Waals surface area contributed by atoms with Crippen LogP contribution in [0.1, 0.15) is 41.5 Å². The summed E-state index contributed by atoms with van der Waals surface area (Å²) in [7, 11) is -4.16. The summed E-state index contributed by atoms with van der Waals surface area (Å²) >= 11 is 13.9. The number of alkyl halides is 2. The molecule has 3 heterocycles. The Morgan fingerprint density at radius 3 is 2.53 bits per heavy atom. The summed E-state index contributed by atoms with van der Waals surface area (Å²) in [6.45, 7) is 0.265. The van der Waals surface area contributed by atoms with Crippen LogP contribution in [0.3, 0.4) is 0 Å². The molecule has 1 aliphatic heterocycles. The largest absolute Gasteiger partial charge is 0.489 e. The number of esters is 1. The summed E-state index contributed by atoms with van der Waals surface area (Å²) in [6.07, 6.45) is 3.61. The Bertz CT molecular complexity index is 1570. The third-order valence-corrected chi connectivity index (χ3v) is 11.0. The normalized spacial score (nSPS) is 18.2. The second-order valence-electron chi connectivity index (χ2n) is 10.0. The number of aromatic nitrogens is 2. The molecule has 43 heavy (non-hydrogen) atoms. The smallest absolute Gasteiger partial charge is 0.387 e. The molecule has 1 saturated heterocycles. The first-order valence-corrected chi connectivity index (χ1v) is 16.5. The molecule has 0 bridgehead atoms. The van der Waals surface area contributed by atoms with Gasteiger partial charge in [0.2, 0.25) is 10.0 Å². The lowest BCUT2D eigenvalue weighted by atomic mass is 10.0. The molecule has 2 aliphatic rings. The van der Waals surface area contributed by atoms with Crippen LogP contribution in [0.2, 0.25) is 10.0 Å². The molecule has 2 atom stereocenters. The van der Waals surface area contributed by atoms with Gasteiger partial charge in [-0.1, -0.05) is 34.4 Å². The standard InChI is InChI=1S/C27H27Cl2F2N3O7S2/c1-14-24(15(2)41-33-14)43(36,37)34-7-8-42-25(34)26(35)39-22(10-18-19(28)11-32-12-20(18)29)17-5-6-21(40-27(30)31)23(9-17)38-13-16-3-4-16/h5-6,9,11-12,16,22,25,27H,3-4,7-8,10,13H2,1-2H3/t22-,25?/m0/s1. The van der Waals surface area contributed by atoms with E-state index in [1.807, 2.05) is 0 Å². The van der Waals surface area contributed by atoms with E-state index in [1.54, 1.807) is 0 Å². The highest BCUT2D eigenvalue weighted by Gasteiger charge is 2.44. The zero-order valence-electron chi connectivity index (χ0n) is 23.0. The Morgan fingerprint density at radius 2 is 1.91 bits per heavy atom. The Hall–Kier alpha value is -2.65. The number of aryl methyl sites for hydroxylation is 2. The average Bonchev–Trinajstić information content (AvgIpc) is 3.51. The van der Waals surface area contributed by atoms with Crippen molar-refractivity contribution in [1.82, 2.24) is 14.4 Å². The van der Waals surface area contributed by atoms with Crippen LogP contribution >= 0.6 is 35.0 Å². The van der Waals surface area contributed by atoms with Crippen LogP contribution < -0.4 is 9.47 Å². The summed E-state index contributed by atoms with van der Waals surface area (Å²) < 4.78 is 75.9. The molecule has 0 amide bonds. The van der Waals surface area contributed by atoms with Crippen molar-refractivity contribution in [3.63, 3.8) is 0 Å². The topological polar surface area (TPSA) is 121 Å². The van der Waals surface area contributed by atoms with Gasteiger partial charge in [0.1, 0.15) is 16.7 Å². The van der Waals surface area contributed by atoms with Gasteiger partial charge in [-0.05, 0) is 55.9 Å². The molecule has 3 aromatic rings. The highest BCUT2D eigenvalue weighted by Crippen LogP contribution is 2.39. The molecule has 1 saturated carbocycles. The molecule has 2 aromatic heterocycles. The van der Waals surface area contributed by atoms with Crippen LogP contribution in [-0.2, 0) is 26.0 Å². The molecule has 0 radical (unpaired) electrons. The van der Waals surface area contributed by atoms with Gasteiger partial charge < -0.3 is 18.7 Å². The minimum atomic E-state index is -4.16. The van der Waals surface area contributed by atoms with Crippen molar-refractivity contribution in [2.24, 2.45) is 5.92 Å². The van der Waals surface area contributed by atoms with Gasteiger partial charge in [-0.25, -0.2) is 13.2 Å². The third-order valence-electron chi connectivity index (χ3n) is 6.91. The zero-order valence-corrected chi connectivity index (χ0v) is 26.1. The van der Waals surface area contributed by atoms with E-state index in [9.17, 15) is 22.0 Å². The Balaban J connectivity index is 1.47. The van der Waals surface area contributed by atoms with E-state index in [2.05, 4.69) is 14.9 Å². The molecule has 1 aromatic carbocycles. The lowest BCUT2D eigenvalue weighted by molar-refractivity contribution is -0.150. The predicted octanol–water partition coefficient (Wildman–Crippen LogP) is 5.97. The van der Waals surface area contributed by atoms with E-state index in [0.29, 0.717) is 29.4 Å². The number of sulfonamides is 1. The van der Waals surface area contributed by atoms with Gasteiger partial charge >= 0.3 is 12.6 Å². The summed E-state index contributed by atoms with van der Waals surface area (Å²) in [6, 6.07) is 4.23. The molecule has 232 valence electrons. The quantitative estimate of drug-likeness (QED) is 0.212. The van der Waals surface area contributed by atoms with E-state index >= 15 is 0 Å². The van der Waals surface area contributed by atoms with Crippen molar-refractivity contribution in [3.8, 4) is 11.5 Å². The minimum Gasteiger partial charge on any atom is -0.489 e. The van der Waals surface area contributed by atoms with Crippen molar-refractivity contribution in [1.29, 1.82) is 0 Å².